The Morgan fingerprint density at radius 1 is 0.150 bits per heavy atom. The predicted octanol–water partition coefficient (Wildman–Crippen LogP) is 32.7. The number of fused-ring (bicyclic) bond motifs is 35. The van der Waals surface area contributed by atoms with Crippen molar-refractivity contribution in [2.75, 3.05) is 0 Å². The van der Waals surface area contributed by atoms with Crippen molar-refractivity contribution in [3.63, 3.8) is 0 Å². The van der Waals surface area contributed by atoms with Crippen LogP contribution in [0.15, 0.2) is 491 Å². The third kappa shape index (κ3) is 11.3. The molecule has 4 nitrogen and oxygen atoms in total. The van der Waals surface area contributed by atoms with Crippen LogP contribution in [0.3, 0.4) is 0 Å². The maximum Gasteiger partial charge on any atom is 0.193 e. The van der Waals surface area contributed by atoms with Crippen molar-refractivity contribution in [2.24, 2.45) is 0 Å². The van der Waals surface area contributed by atoms with Gasteiger partial charge in [0.15, 0.2) is 5.78 Å². The van der Waals surface area contributed by atoms with Gasteiger partial charge < -0.3 is 13.7 Å². The second kappa shape index (κ2) is 29.9. The molecule has 0 N–H and O–H groups in total. The maximum absolute atomic E-state index is 15.0. The van der Waals surface area contributed by atoms with E-state index in [0.717, 1.165) is 0 Å². The fourth-order valence-corrected chi connectivity index (χ4v) is 23.6. The topological polar surface area (TPSA) is 31.9 Å². The number of nitrogens with zero attached hydrogens (tertiary/aromatic N) is 3. The van der Waals surface area contributed by atoms with Crippen LogP contribution in [0, 0.1) is 0 Å². The molecule has 3 aromatic heterocycles. The molecule has 0 aliphatic heterocycles. The lowest BCUT2D eigenvalue weighted by molar-refractivity contribution is 0.103. The van der Waals surface area contributed by atoms with Crippen LogP contribution in [-0.2, 0) is 10.8 Å². The Bertz CT molecular complexity index is 8480. The fourth-order valence-electron chi connectivity index (χ4n) is 23.6. The first-order chi connectivity index (χ1) is 65.9. The van der Waals surface area contributed by atoms with Crippen molar-refractivity contribution in [3.05, 3.63) is 547 Å². The lowest BCUT2D eigenvalue weighted by Crippen LogP contribution is -2.26. The zero-order chi connectivity index (χ0) is 87.6. The molecule has 618 valence electrons. The summed E-state index contributed by atoms with van der Waals surface area (Å²) in [7, 11) is 0. The Morgan fingerprint density at radius 3 is 0.617 bits per heavy atom. The quantitative estimate of drug-likeness (QED) is 0.110. The van der Waals surface area contributed by atoms with Crippen molar-refractivity contribution in [1.82, 2.24) is 13.7 Å². The number of para-hydroxylation sites is 6. The molecule has 0 fully saturated rings. The van der Waals surface area contributed by atoms with E-state index in [1.54, 1.807) is 0 Å². The van der Waals surface area contributed by atoms with E-state index in [0.29, 0.717) is 11.1 Å². The average Bonchev–Trinajstić information content (AvgIpc) is 1.51. The van der Waals surface area contributed by atoms with Gasteiger partial charge in [0, 0.05) is 60.5 Å². The van der Waals surface area contributed by atoms with Crippen LogP contribution in [0.5, 0.6) is 0 Å². The van der Waals surface area contributed by atoms with Crippen LogP contribution in [-0.4, -0.2) is 19.5 Å². The van der Waals surface area contributed by atoms with Crippen LogP contribution < -0.4 is 0 Å². The number of aromatic nitrogens is 3. The number of ketones is 1. The molecule has 29 rings (SSSR count). The van der Waals surface area contributed by atoms with E-state index in [1.807, 2.05) is 12.1 Å². The molecule has 22 aromatic carbocycles. The molecule has 4 aliphatic rings. The van der Waals surface area contributed by atoms with Crippen molar-refractivity contribution >= 4 is 104 Å². The average molecular weight is 1690 g/mol. The summed E-state index contributed by atoms with van der Waals surface area (Å²) in [5, 5.41) is 15.5. The minimum Gasteiger partial charge on any atom is -0.309 e. The van der Waals surface area contributed by atoms with Gasteiger partial charge in [-0.3, -0.25) is 4.79 Å². The van der Waals surface area contributed by atoms with Gasteiger partial charge in [-0.25, -0.2) is 0 Å². The van der Waals surface area contributed by atoms with Gasteiger partial charge in [-0.2, -0.15) is 0 Å². The molecule has 25 aromatic rings. The highest BCUT2D eigenvalue weighted by molar-refractivity contribution is 6.26. The predicted molar refractivity (Wildman–Crippen MR) is 554 cm³/mol. The van der Waals surface area contributed by atoms with Gasteiger partial charge in [0.2, 0.25) is 0 Å². The molecule has 0 unspecified atom stereocenters. The molecule has 4 heteroatoms. The summed E-state index contributed by atoms with van der Waals surface area (Å²) < 4.78 is 7.09. The lowest BCUT2D eigenvalue weighted by Gasteiger charge is -2.31. The smallest absolute Gasteiger partial charge is 0.193 e. The number of hydrogen-bond donors (Lipinski definition) is 0. The molecule has 0 bridgehead atoms. The van der Waals surface area contributed by atoms with Crippen molar-refractivity contribution in [1.29, 1.82) is 0 Å². The van der Waals surface area contributed by atoms with E-state index in [-0.39, 0.29) is 5.78 Å². The maximum atomic E-state index is 15.0. The SMILES string of the molecule is O=C(c1ccc2c(c1)C1(c3ccccc3-c3ccccc31)c1ccccc1-2)c1ccc2c(c1)C1(c3ccccc3-c3ccccc31)c1ccccc1-2.c1ccc2c(c1)c1ccccc1c1cc(-c3ccc(-c4ccc(-n5c6ccccc6c6ccccc65)cc4)cc3)ccc21.c1ccc2c(c1)c1ccccc1n2-c1ccc(-c2ccc(-n3c4ccccc4c4ccccc43)cc2)cc1. The normalized spacial score (nSPS) is 13.0. The second-order valence-electron chi connectivity index (χ2n) is 35.8. The Labute approximate surface area is 769 Å². The minimum atomic E-state index is -0.490. The summed E-state index contributed by atoms with van der Waals surface area (Å²) >= 11 is 0. The highest BCUT2D eigenvalue weighted by Crippen LogP contribution is 2.65. The highest BCUT2D eigenvalue weighted by atomic mass is 16.1. The molecule has 133 heavy (non-hydrogen) atoms. The van der Waals surface area contributed by atoms with E-state index in [4.69, 9.17) is 0 Å². The molecule has 3 heterocycles. The van der Waals surface area contributed by atoms with Gasteiger partial charge in [0.05, 0.1) is 43.9 Å². The zero-order valence-corrected chi connectivity index (χ0v) is 72.5. The number of hydrogen-bond acceptors (Lipinski definition) is 1. The van der Waals surface area contributed by atoms with E-state index in [1.165, 1.54) is 237 Å². The molecule has 4 aliphatic carbocycles. The van der Waals surface area contributed by atoms with Gasteiger partial charge in [0.1, 0.15) is 0 Å². The molecule has 0 radical (unpaired) electrons. The molecule has 0 amide bonds. The Balaban J connectivity index is 0.000000103. The van der Waals surface area contributed by atoms with Crippen molar-refractivity contribution in [3.8, 4) is 95.0 Å². The van der Waals surface area contributed by atoms with Crippen molar-refractivity contribution < 1.29 is 4.79 Å². The van der Waals surface area contributed by atoms with Gasteiger partial charge in [-0.1, -0.05) is 400 Å². The molecule has 0 saturated heterocycles. The Morgan fingerprint density at radius 2 is 0.346 bits per heavy atom. The van der Waals surface area contributed by atoms with E-state index < -0.39 is 10.8 Å². The van der Waals surface area contributed by atoms with Crippen LogP contribution in [0.25, 0.3) is 193 Å². The van der Waals surface area contributed by atoms with E-state index >= 15 is 0 Å². The lowest BCUT2D eigenvalue weighted by atomic mass is 9.70. The van der Waals surface area contributed by atoms with Gasteiger partial charge in [0.25, 0.3) is 0 Å². The molecular formula is C129H81N3O. The summed E-state index contributed by atoms with van der Waals surface area (Å²) in [4.78, 5) is 15.0. The monoisotopic (exact) mass is 1690 g/mol. The number of benzene rings is 22. The molecule has 2 spiro atoms. The highest BCUT2D eigenvalue weighted by Gasteiger charge is 2.54. The minimum absolute atomic E-state index is 0.0435. The summed E-state index contributed by atoms with van der Waals surface area (Å²) in [5.74, 6) is 0.0435. The van der Waals surface area contributed by atoms with Gasteiger partial charge in [-0.15, -0.1) is 0 Å². The third-order valence-corrected chi connectivity index (χ3v) is 29.3. The summed E-state index contributed by atoms with van der Waals surface area (Å²) in [5.41, 5.74) is 38.6. The first kappa shape index (κ1) is 75.8. The third-order valence-electron chi connectivity index (χ3n) is 29.3. The Kier molecular flexibility index (Phi) is 17.0. The van der Waals surface area contributed by atoms with Crippen LogP contribution in [0.2, 0.25) is 0 Å². The van der Waals surface area contributed by atoms with Crippen molar-refractivity contribution in [2.45, 2.75) is 10.8 Å². The summed E-state index contributed by atoms with van der Waals surface area (Å²) in [6.07, 6.45) is 0. The summed E-state index contributed by atoms with van der Waals surface area (Å²) in [6.45, 7) is 0. The first-order valence-electron chi connectivity index (χ1n) is 46.0. The number of carbonyl (C=O) groups is 1. The van der Waals surface area contributed by atoms with E-state index in [2.05, 4.69) is 493 Å². The summed E-state index contributed by atoms with van der Waals surface area (Å²) in [6, 6.07) is 178. The van der Waals surface area contributed by atoms with Gasteiger partial charge in [-0.05, 0) is 246 Å². The molecular weight excluding hydrogens is 1610 g/mol. The second-order valence-corrected chi connectivity index (χ2v) is 35.8. The molecule has 0 atom stereocenters. The van der Waals surface area contributed by atoms with Crippen LogP contribution in [0.1, 0.15) is 60.4 Å². The first-order valence-corrected chi connectivity index (χ1v) is 46.0. The molecule has 0 saturated carbocycles. The Hall–Kier alpha value is -17.3. The van der Waals surface area contributed by atoms with Crippen LogP contribution >= 0.6 is 0 Å². The fraction of sp³-hybridized carbons (Fsp3) is 0.0155. The van der Waals surface area contributed by atoms with E-state index in [9.17, 15) is 4.79 Å². The van der Waals surface area contributed by atoms with Crippen LogP contribution in [0.4, 0.5) is 0 Å². The largest absolute Gasteiger partial charge is 0.309 e. The standard InChI is InChI=1S/C51H30O.C42H27N.C36H24N2/c52-49(31-25-27-39-37-17-5-11-23-45(37)50(47(39)29-31)41-19-7-1-13-33(41)34-14-2-8-20-42(34)50)32-26-28-40-38-18-6-12-24-46(38)51(48(40)30-32)43-21-9-3-15-35(43)36-16-4-10-22-44(36)51;1-2-11-35-33(9-1)34-10-3-4-12-36(34)40-27-31(23-26-37(35)40)30-19-17-28(18-20-30)29-21-24-32(25-22-29)43-41-15-7-5-13-38(41)39-14-6-8-16-42(39)43;1-5-13-33-29(9-1)30-10-2-6-14-34(30)37(33)27-21-17-25(18-22-27)26-19-23-28(24-20-26)38-35-15-7-3-11-31(35)32-12-4-8-16-36(32)38/h1-30H;1-27H;1-24H. The van der Waals surface area contributed by atoms with Gasteiger partial charge >= 0.3 is 0 Å². The number of rotatable bonds is 8. The zero-order valence-electron chi connectivity index (χ0n) is 72.5. The number of carbonyl (C=O) groups excluding carboxylic acids is 1.